The Hall–Kier alpha value is -0.910. The van der Waals surface area contributed by atoms with E-state index >= 15 is 0 Å². The number of aryl methyl sites for hydroxylation is 2. The van der Waals surface area contributed by atoms with Gasteiger partial charge in [-0.1, -0.05) is 13.8 Å². The minimum atomic E-state index is 0.295. The molecule has 1 aliphatic rings. The van der Waals surface area contributed by atoms with Gasteiger partial charge in [-0.25, -0.2) is 4.98 Å². The number of likely N-dealkylation sites (N-methyl/N-ethyl adjacent to an activating group) is 2. The van der Waals surface area contributed by atoms with E-state index in [1.54, 1.807) is 0 Å². The molecule has 1 aromatic rings. The van der Waals surface area contributed by atoms with Gasteiger partial charge in [0.15, 0.2) is 0 Å². The molecule has 0 amide bonds. The van der Waals surface area contributed by atoms with Gasteiger partial charge in [-0.2, -0.15) is 0 Å². The Labute approximate surface area is 122 Å². The molecule has 1 aromatic heterocycles. The Balaban J connectivity index is 1.90. The molecule has 0 saturated carbocycles. The molecule has 5 nitrogen and oxygen atoms in total. The van der Waals surface area contributed by atoms with Crippen molar-refractivity contribution in [2.45, 2.75) is 38.8 Å². The number of nitrogens with one attached hydrogen (secondary N) is 1. The van der Waals surface area contributed by atoms with Gasteiger partial charge in [-0.15, -0.1) is 0 Å². The van der Waals surface area contributed by atoms with E-state index in [1.807, 2.05) is 12.4 Å². The molecule has 1 fully saturated rings. The van der Waals surface area contributed by atoms with Gasteiger partial charge in [0.1, 0.15) is 5.82 Å². The quantitative estimate of drug-likeness (QED) is 0.811. The van der Waals surface area contributed by atoms with Gasteiger partial charge in [0.2, 0.25) is 0 Å². The molecule has 20 heavy (non-hydrogen) atoms. The number of nitrogens with zero attached hydrogens (tertiary/aromatic N) is 3. The molecule has 2 rings (SSSR count). The van der Waals surface area contributed by atoms with E-state index < -0.39 is 0 Å². The first kappa shape index (κ1) is 15.5. The average Bonchev–Trinajstić information content (AvgIpc) is 2.89. The molecule has 0 aliphatic carbocycles. The average molecular weight is 280 g/mol. The SMILES string of the molecule is CCNC(CCc1nccn1C)C1CN(CC)CCO1. The van der Waals surface area contributed by atoms with Crippen molar-refractivity contribution in [3.63, 3.8) is 0 Å². The maximum atomic E-state index is 5.99. The maximum absolute atomic E-state index is 5.99. The predicted octanol–water partition coefficient (Wildman–Crippen LogP) is 1.05. The second kappa shape index (κ2) is 7.76. The van der Waals surface area contributed by atoms with Gasteiger partial charge in [0.05, 0.1) is 12.7 Å². The lowest BCUT2D eigenvalue weighted by atomic mass is 10.0. The molecule has 2 heterocycles. The molecule has 1 aliphatic heterocycles. The van der Waals surface area contributed by atoms with Crippen LogP contribution in [0.4, 0.5) is 0 Å². The lowest BCUT2D eigenvalue weighted by Gasteiger charge is -2.37. The summed E-state index contributed by atoms with van der Waals surface area (Å²) in [5.41, 5.74) is 0. The smallest absolute Gasteiger partial charge is 0.108 e. The van der Waals surface area contributed by atoms with Gasteiger partial charge in [-0.05, 0) is 19.5 Å². The minimum absolute atomic E-state index is 0.295. The number of imidazole rings is 1. The second-order valence-corrected chi connectivity index (χ2v) is 5.46. The molecular formula is C15H28N4O. The van der Waals surface area contributed by atoms with Crippen molar-refractivity contribution in [3.05, 3.63) is 18.2 Å². The van der Waals surface area contributed by atoms with E-state index in [1.165, 1.54) is 0 Å². The largest absolute Gasteiger partial charge is 0.374 e. The van der Waals surface area contributed by atoms with Gasteiger partial charge in [-0.3, -0.25) is 4.90 Å². The standard InChI is InChI=1S/C15H28N4O/c1-4-16-13(6-7-15-17-8-9-18(15)3)14-12-19(5-2)10-11-20-14/h8-9,13-14,16H,4-7,10-12H2,1-3H3. The van der Waals surface area contributed by atoms with Gasteiger partial charge in [0.25, 0.3) is 0 Å². The Morgan fingerprint density at radius 2 is 2.35 bits per heavy atom. The minimum Gasteiger partial charge on any atom is -0.374 e. The van der Waals surface area contributed by atoms with Crippen LogP contribution in [0.25, 0.3) is 0 Å². The van der Waals surface area contributed by atoms with Crippen LogP contribution in [-0.4, -0.2) is 59.4 Å². The Morgan fingerprint density at radius 3 is 3.00 bits per heavy atom. The topological polar surface area (TPSA) is 42.3 Å². The van der Waals surface area contributed by atoms with E-state index in [0.717, 1.165) is 51.5 Å². The molecule has 0 radical (unpaired) electrons. The van der Waals surface area contributed by atoms with E-state index in [4.69, 9.17) is 4.74 Å². The van der Waals surface area contributed by atoms with E-state index in [0.29, 0.717) is 12.1 Å². The van der Waals surface area contributed by atoms with Crippen LogP contribution in [0, 0.1) is 0 Å². The Bertz CT molecular complexity index is 393. The van der Waals surface area contributed by atoms with Crippen LogP contribution in [0.3, 0.4) is 0 Å². The van der Waals surface area contributed by atoms with Crippen LogP contribution < -0.4 is 5.32 Å². The van der Waals surface area contributed by atoms with Crippen molar-refractivity contribution in [3.8, 4) is 0 Å². The fourth-order valence-corrected chi connectivity index (χ4v) is 2.87. The normalized spacial score (nSPS) is 22.1. The molecule has 1 saturated heterocycles. The van der Waals surface area contributed by atoms with Crippen LogP contribution in [-0.2, 0) is 18.2 Å². The molecule has 0 bridgehead atoms. The maximum Gasteiger partial charge on any atom is 0.108 e. The lowest BCUT2D eigenvalue weighted by Crippen LogP contribution is -2.52. The third-order valence-corrected chi connectivity index (χ3v) is 4.14. The first-order chi connectivity index (χ1) is 9.74. The summed E-state index contributed by atoms with van der Waals surface area (Å²) in [4.78, 5) is 6.88. The number of morpholine rings is 1. The third-order valence-electron chi connectivity index (χ3n) is 4.14. The van der Waals surface area contributed by atoms with Crippen molar-refractivity contribution in [2.75, 3.05) is 32.8 Å². The monoisotopic (exact) mass is 280 g/mol. The Morgan fingerprint density at radius 1 is 1.50 bits per heavy atom. The second-order valence-electron chi connectivity index (χ2n) is 5.46. The van der Waals surface area contributed by atoms with Gasteiger partial charge in [0, 0.05) is 45.0 Å². The summed E-state index contributed by atoms with van der Waals surface area (Å²) in [5, 5.41) is 3.59. The lowest BCUT2D eigenvalue weighted by molar-refractivity contribution is -0.0459. The molecule has 5 heteroatoms. The van der Waals surface area contributed by atoms with Crippen LogP contribution >= 0.6 is 0 Å². The van der Waals surface area contributed by atoms with Crippen molar-refractivity contribution in [1.29, 1.82) is 0 Å². The molecule has 0 spiro atoms. The summed E-state index contributed by atoms with van der Waals surface area (Å²) in [5.74, 6) is 1.15. The predicted molar refractivity (Wildman–Crippen MR) is 80.8 cm³/mol. The van der Waals surface area contributed by atoms with Crippen LogP contribution in [0.15, 0.2) is 12.4 Å². The summed E-state index contributed by atoms with van der Waals surface area (Å²) < 4.78 is 8.09. The molecule has 0 aromatic carbocycles. The highest BCUT2D eigenvalue weighted by Crippen LogP contribution is 2.13. The van der Waals surface area contributed by atoms with Crippen molar-refractivity contribution in [1.82, 2.24) is 19.8 Å². The number of ether oxygens (including phenoxy) is 1. The third kappa shape index (κ3) is 4.04. The van der Waals surface area contributed by atoms with E-state index in [-0.39, 0.29) is 0 Å². The first-order valence-electron chi connectivity index (χ1n) is 7.78. The highest BCUT2D eigenvalue weighted by molar-refractivity contribution is 4.93. The fourth-order valence-electron chi connectivity index (χ4n) is 2.87. The van der Waals surface area contributed by atoms with E-state index in [2.05, 4.69) is 40.7 Å². The summed E-state index contributed by atoms with van der Waals surface area (Å²) >= 11 is 0. The fraction of sp³-hybridized carbons (Fsp3) is 0.800. The summed E-state index contributed by atoms with van der Waals surface area (Å²) in [6, 6.07) is 0.408. The zero-order chi connectivity index (χ0) is 14.4. The van der Waals surface area contributed by atoms with Gasteiger partial charge >= 0.3 is 0 Å². The van der Waals surface area contributed by atoms with Gasteiger partial charge < -0.3 is 14.6 Å². The molecule has 2 unspecified atom stereocenters. The summed E-state index contributed by atoms with van der Waals surface area (Å²) in [7, 11) is 2.06. The van der Waals surface area contributed by atoms with Crippen LogP contribution in [0.5, 0.6) is 0 Å². The summed E-state index contributed by atoms with van der Waals surface area (Å²) in [6.45, 7) is 9.42. The summed E-state index contributed by atoms with van der Waals surface area (Å²) in [6.07, 6.45) is 6.23. The van der Waals surface area contributed by atoms with E-state index in [9.17, 15) is 0 Å². The van der Waals surface area contributed by atoms with Crippen molar-refractivity contribution >= 4 is 0 Å². The number of hydrogen-bond acceptors (Lipinski definition) is 4. The molecule has 114 valence electrons. The molecule has 2 atom stereocenters. The first-order valence-corrected chi connectivity index (χ1v) is 7.78. The zero-order valence-corrected chi connectivity index (χ0v) is 13.0. The Kier molecular flexibility index (Phi) is 6.01. The highest BCUT2D eigenvalue weighted by Gasteiger charge is 2.27. The van der Waals surface area contributed by atoms with Crippen molar-refractivity contribution in [2.24, 2.45) is 7.05 Å². The molecule has 1 N–H and O–H groups in total. The number of rotatable bonds is 7. The van der Waals surface area contributed by atoms with Crippen LogP contribution in [0.2, 0.25) is 0 Å². The zero-order valence-electron chi connectivity index (χ0n) is 13.0. The van der Waals surface area contributed by atoms with Crippen molar-refractivity contribution < 1.29 is 4.74 Å². The number of hydrogen-bond donors (Lipinski definition) is 1. The highest BCUT2D eigenvalue weighted by atomic mass is 16.5. The molecular weight excluding hydrogens is 252 g/mol. The number of aromatic nitrogens is 2. The van der Waals surface area contributed by atoms with Crippen LogP contribution in [0.1, 0.15) is 26.1 Å².